The molecule has 24 heavy (non-hydrogen) atoms. The smallest absolute Gasteiger partial charge is 0.122 e. The fourth-order valence-corrected chi connectivity index (χ4v) is 2.78. The third kappa shape index (κ3) is 3.65. The molecule has 0 radical (unpaired) electrons. The number of hydrogen-bond acceptors (Lipinski definition) is 3. The topological polar surface area (TPSA) is 39.9 Å². The van der Waals surface area contributed by atoms with Gasteiger partial charge in [-0.1, -0.05) is 49.4 Å². The zero-order chi connectivity index (χ0) is 16.9. The second kappa shape index (κ2) is 7.30. The first-order chi connectivity index (χ1) is 11.7. The lowest BCUT2D eigenvalue weighted by Gasteiger charge is -2.13. The first-order valence-electron chi connectivity index (χ1n) is 8.31. The van der Waals surface area contributed by atoms with Crippen molar-refractivity contribution in [1.82, 2.24) is 15.0 Å². The number of benzene rings is 2. The van der Waals surface area contributed by atoms with E-state index in [4.69, 9.17) is 4.74 Å². The SMILES string of the molecule is COc1ccc(CCc2cn(-c3ccccc3)nn2)cc1C(C)C. The molecule has 3 aromatic rings. The van der Waals surface area contributed by atoms with Gasteiger partial charge in [0.1, 0.15) is 5.75 Å². The number of rotatable bonds is 6. The van der Waals surface area contributed by atoms with E-state index in [2.05, 4.69) is 42.4 Å². The number of ether oxygens (including phenoxy) is 1. The molecule has 1 aromatic heterocycles. The Kier molecular flexibility index (Phi) is 4.94. The predicted molar refractivity (Wildman–Crippen MR) is 95.9 cm³/mol. The Labute approximate surface area is 143 Å². The van der Waals surface area contributed by atoms with E-state index in [9.17, 15) is 0 Å². The summed E-state index contributed by atoms with van der Waals surface area (Å²) in [4.78, 5) is 0. The van der Waals surface area contributed by atoms with E-state index in [0.717, 1.165) is 30.0 Å². The molecule has 0 aliphatic heterocycles. The summed E-state index contributed by atoms with van der Waals surface area (Å²) in [6.07, 6.45) is 3.82. The Morgan fingerprint density at radius 1 is 1.04 bits per heavy atom. The van der Waals surface area contributed by atoms with Gasteiger partial charge in [-0.15, -0.1) is 5.10 Å². The van der Waals surface area contributed by atoms with Crippen LogP contribution in [0.2, 0.25) is 0 Å². The molecule has 0 aliphatic rings. The molecule has 0 N–H and O–H groups in total. The van der Waals surface area contributed by atoms with Crippen molar-refractivity contribution in [2.75, 3.05) is 7.11 Å². The Morgan fingerprint density at radius 2 is 1.83 bits per heavy atom. The Morgan fingerprint density at radius 3 is 2.54 bits per heavy atom. The molecule has 0 amide bonds. The van der Waals surface area contributed by atoms with E-state index < -0.39 is 0 Å². The number of hydrogen-bond donors (Lipinski definition) is 0. The van der Waals surface area contributed by atoms with Crippen LogP contribution >= 0.6 is 0 Å². The summed E-state index contributed by atoms with van der Waals surface area (Å²) in [6, 6.07) is 16.5. The zero-order valence-corrected chi connectivity index (χ0v) is 14.4. The van der Waals surface area contributed by atoms with Gasteiger partial charge in [-0.25, -0.2) is 4.68 Å². The maximum Gasteiger partial charge on any atom is 0.122 e. The minimum atomic E-state index is 0.443. The van der Waals surface area contributed by atoms with Crippen molar-refractivity contribution in [3.8, 4) is 11.4 Å². The monoisotopic (exact) mass is 321 g/mol. The van der Waals surface area contributed by atoms with Crippen molar-refractivity contribution in [2.45, 2.75) is 32.6 Å². The van der Waals surface area contributed by atoms with E-state index in [1.165, 1.54) is 11.1 Å². The highest BCUT2D eigenvalue weighted by Crippen LogP contribution is 2.27. The van der Waals surface area contributed by atoms with Gasteiger partial charge in [0.2, 0.25) is 0 Å². The molecule has 0 unspecified atom stereocenters. The molecule has 0 saturated carbocycles. The molecule has 1 heterocycles. The van der Waals surface area contributed by atoms with Gasteiger partial charge in [0.05, 0.1) is 24.7 Å². The first-order valence-corrected chi connectivity index (χ1v) is 8.31. The Bertz CT molecular complexity index is 794. The standard InChI is InChI=1S/C20H23N3O/c1-15(2)19-13-16(10-12-20(19)24-3)9-11-17-14-23(22-21-17)18-7-5-4-6-8-18/h4-8,10,12-15H,9,11H2,1-3H3. The quantitative estimate of drug-likeness (QED) is 0.683. The van der Waals surface area contributed by atoms with Gasteiger partial charge in [0.15, 0.2) is 0 Å². The van der Waals surface area contributed by atoms with Crippen molar-refractivity contribution in [3.05, 3.63) is 71.5 Å². The highest BCUT2D eigenvalue weighted by molar-refractivity contribution is 5.39. The van der Waals surface area contributed by atoms with Crippen LogP contribution in [0.4, 0.5) is 0 Å². The minimum absolute atomic E-state index is 0.443. The van der Waals surface area contributed by atoms with Crippen molar-refractivity contribution in [2.24, 2.45) is 0 Å². The molecule has 0 aliphatic carbocycles. The van der Waals surface area contributed by atoms with Crippen LogP contribution in [0.5, 0.6) is 5.75 Å². The van der Waals surface area contributed by atoms with E-state index in [-0.39, 0.29) is 0 Å². The Hall–Kier alpha value is -2.62. The number of methoxy groups -OCH3 is 1. The average molecular weight is 321 g/mol. The highest BCUT2D eigenvalue weighted by Gasteiger charge is 2.09. The third-order valence-corrected chi connectivity index (χ3v) is 4.15. The second-order valence-corrected chi connectivity index (χ2v) is 6.22. The average Bonchev–Trinajstić information content (AvgIpc) is 3.09. The van der Waals surface area contributed by atoms with E-state index in [1.54, 1.807) is 7.11 Å². The van der Waals surface area contributed by atoms with Gasteiger partial charge < -0.3 is 4.74 Å². The molecular formula is C20H23N3O. The molecule has 0 atom stereocenters. The van der Waals surface area contributed by atoms with Crippen LogP contribution in [0, 0.1) is 0 Å². The number of aromatic nitrogens is 3. The van der Waals surface area contributed by atoms with E-state index in [0.29, 0.717) is 5.92 Å². The normalized spacial score (nSPS) is 11.0. The third-order valence-electron chi connectivity index (χ3n) is 4.15. The van der Waals surface area contributed by atoms with Gasteiger partial charge in [-0.2, -0.15) is 0 Å². The zero-order valence-electron chi connectivity index (χ0n) is 14.4. The molecule has 0 saturated heterocycles. The maximum atomic E-state index is 5.45. The molecular weight excluding hydrogens is 298 g/mol. The summed E-state index contributed by atoms with van der Waals surface area (Å²) in [7, 11) is 1.72. The van der Waals surface area contributed by atoms with Gasteiger partial charge in [0, 0.05) is 0 Å². The van der Waals surface area contributed by atoms with Crippen LogP contribution in [-0.2, 0) is 12.8 Å². The number of aryl methyl sites for hydroxylation is 2. The summed E-state index contributed by atoms with van der Waals surface area (Å²) in [6.45, 7) is 4.38. The molecule has 0 fully saturated rings. The lowest BCUT2D eigenvalue weighted by Crippen LogP contribution is -1.98. The first kappa shape index (κ1) is 16.2. The molecule has 124 valence electrons. The second-order valence-electron chi connectivity index (χ2n) is 6.22. The number of nitrogens with zero attached hydrogens (tertiary/aromatic N) is 3. The van der Waals surface area contributed by atoms with Crippen LogP contribution in [0.25, 0.3) is 5.69 Å². The van der Waals surface area contributed by atoms with Gasteiger partial charge in [-0.3, -0.25) is 0 Å². The fourth-order valence-electron chi connectivity index (χ4n) is 2.78. The van der Waals surface area contributed by atoms with Crippen LogP contribution in [0.1, 0.15) is 36.6 Å². The van der Waals surface area contributed by atoms with Gasteiger partial charge >= 0.3 is 0 Å². The van der Waals surface area contributed by atoms with Gasteiger partial charge in [-0.05, 0) is 48.1 Å². The van der Waals surface area contributed by atoms with E-state index >= 15 is 0 Å². The molecule has 0 bridgehead atoms. The predicted octanol–water partition coefficient (Wildman–Crippen LogP) is 4.18. The fraction of sp³-hybridized carbons (Fsp3) is 0.300. The van der Waals surface area contributed by atoms with Crippen LogP contribution in [0.15, 0.2) is 54.7 Å². The van der Waals surface area contributed by atoms with Crippen molar-refractivity contribution in [3.63, 3.8) is 0 Å². The van der Waals surface area contributed by atoms with Crippen molar-refractivity contribution in [1.29, 1.82) is 0 Å². The highest BCUT2D eigenvalue weighted by atomic mass is 16.5. The minimum Gasteiger partial charge on any atom is -0.496 e. The number of para-hydroxylation sites is 1. The van der Waals surface area contributed by atoms with Gasteiger partial charge in [0.25, 0.3) is 0 Å². The maximum absolute atomic E-state index is 5.45. The largest absolute Gasteiger partial charge is 0.496 e. The lowest BCUT2D eigenvalue weighted by atomic mass is 9.97. The lowest BCUT2D eigenvalue weighted by molar-refractivity contribution is 0.407. The molecule has 4 heteroatoms. The van der Waals surface area contributed by atoms with Crippen molar-refractivity contribution >= 4 is 0 Å². The van der Waals surface area contributed by atoms with Crippen molar-refractivity contribution < 1.29 is 4.74 Å². The summed E-state index contributed by atoms with van der Waals surface area (Å²) in [5.41, 5.74) is 4.58. The molecule has 2 aromatic carbocycles. The molecule has 0 spiro atoms. The van der Waals surface area contributed by atoms with Crippen LogP contribution < -0.4 is 4.74 Å². The molecule has 3 rings (SSSR count). The summed E-state index contributed by atoms with van der Waals surface area (Å²) in [5, 5.41) is 8.51. The summed E-state index contributed by atoms with van der Waals surface area (Å²) in [5.74, 6) is 1.41. The summed E-state index contributed by atoms with van der Waals surface area (Å²) < 4.78 is 7.27. The summed E-state index contributed by atoms with van der Waals surface area (Å²) >= 11 is 0. The molecule has 4 nitrogen and oxygen atoms in total. The Balaban J connectivity index is 1.70. The van der Waals surface area contributed by atoms with Crippen LogP contribution in [0.3, 0.4) is 0 Å². The van der Waals surface area contributed by atoms with Crippen LogP contribution in [-0.4, -0.2) is 22.1 Å². The van der Waals surface area contributed by atoms with E-state index in [1.807, 2.05) is 41.2 Å².